The van der Waals surface area contributed by atoms with Crippen molar-refractivity contribution < 1.29 is 24.2 Å². The maximum Gasteiger partial charge on any atom is 0.331 e. The number of allylic oxidation sites excluding steroid dienone is 2. The lowest BCUT2D eigenvalue weighted by atomic mass is 9.80. The largest absolute Gasteiger partial charge is 0.481 e. The first-order chi connectivity index (χ1) is 6.96. The first-order valence-corrected chi connectivity index (χ1v) is 4.18. The van der Waals surface area contributed by atoms with Crippen LogP contribution in [0.1, 0.15) is 13.3 Å². The van der Waals surface area contributed by atoms with Gasteiger partial charge in [-0.3, -0.25) is 9.18 Å². The third-order valence-electron chi connectivity index (χ3n) is 2.08. The van der Waals surface area contributed by atoms with Gasteiger partial charge >= 0.3 is 11.9 Å². The summed E-state index contributed by atoms with van der Waals surface area (Å²) in [5.74, 6) is -2.06. The molecule has 2 N–H and O–H groups in total. The summed E-state index contributed by atoms with van der Waals surface area (Å²) < 4.78 is 9.50. The Bertz CT molecular complexity index is 319. The van der Waals surface area contributed by atoms with Crippen LogP contribution in [0.25, 0.3) is 0 Å². The van der Waals surface area contributed by atoms with Crippen LogP contribution in [0.4, 0.5) is 4.39 Å². The zero-order valence-corrected chi connectivity index (χ0v) is 8.53. The number of alkyl halides is 1. The zero-order chi connectivity index (χ0) is 12.1. The fraction of sp³-hybridized carbons (Fsp3) is 0.400. The van der Waals surface area contributed by atoms with Gasteiger partial charge in [-0.2, -0.15) is 0 Å². The quantitative estimate of drug-likeness (QED) is 0.735. The van der Waals surface area contributed by atoms with Crippen molar-refractivity contribution in [2.75, 3.05) is 7.18 Å². The van der Waals surface area contributed by atoms with Crippen molar-refractivity contribution in [2.45, 2.75) is 13.3 Å². The minimum absolute atomic E-state index is 0.0359. The summed E-state index contributed by atoms with van der Waals surface area (Å²) in [6.45, 7) is 1.50. The monoisotopic (exact) mass is 216 g/mol. The number of halogens is 1. The van der Waals surface area contributed by atoms with E-state index in [1.165, 1.54) is 25.2 Å². The lowest BCUT2D eigenvalue weighted by Gasteiger charge is -2.23. The Morgan fingerprint density at radius 2 is 1.93 bits per heavy atom. The molecule has 0 aromatic carbocycles. The van der Waals surface area contributed by atoms with E-state index in [1.54, 1.807) is 0 Å². The molecule has 0 radical (unpaired) electrons. The molecule has 5 heteroatoms. The summed E-state index contributed by atoms with van der Waals surface area (Å²) in [5, 5.41) is 17.5. The summed E-state index contributed by atoms with van der Waals surface area (Å²) in [6, 6.07) is 0. The smallest absolute Gasteiger partial charge is 0.331 e. The molecule has 0 heterocycles. The molecule has 1 unspecified atom stereocenters. The maximum absolute atomic E-state index is 10.8. The van der Waals surface area contributed by atoms with Gasteiger partial charge in [-0.1, -0.05) is 18.2 Å². The number of rotatable bonds is 2. The standard InChI is InChI=1S/C9H10O4.CH3F/c1-9(8(12)13)4-2-3-6(5-9)7(10)11;1-2/h2-4H,5H2,1H3,(H,10,11)(H,12,13);1H3. The van der Waals surface area contributed by atoms with Crippen LogP contribution in [0.2, 0.25) is 0 Å². The predicted octanol–water partition coefficient (Wildman–Crippen LogP) is 1.63. The summed E-state index contributed by atoms with van der Waals surface area (Å²) >= 11 is 0. The number of carboxylic acids is 2. The molecule has 0 spiro atoms. The van der Waals surface area contributed by atoms with Gasteiger partial charge in [-0.15, -0.1) is 0 Å². The topological polar surface area (TPSA) is 74.6 Å². The van der Waals surface area contributed by atoms with E-state index in [-0.39, 0.29) is 12.0 Å². The average molecular weight is 216 g/mol. The van der Waals surface area contributed by atoms with Gasteiger partial charge in [0.1, 0.15) is 0 Å². The van der Waals surface area contributed by atoms with Gasteiger partial charge in [-0.05, 0) is 13.3 Å². The Morgan fingerprint density at radius 3 is 2.33 bits per heavy atom. The summed E-state index contributed by atoms with van der Waals surface area (Å²) in [4.78, 5) is 21.3. The molecule has 1 aliphatic carbocycles. The predicted molar refractivity (Wildman–Crippen MR) is 52.3 cm³/mol. The van der Waals surface area contributed by atoms with Crippen LogP contribution in [-0.2, 0) is 9.59 Å². The minimum atomic E-state index is -1.08. The molecule has 0 fully saturated rings. The molecule has 84 valence electrons. The van der Waals surface area contributed by atoms with Crippen molar-refractivity contribution in [2.24, 2.45) is 5.41 Å². The maximum atomic E-state index is 10.8. The second kappa shape index (κ2) is 5.29. The van der Waals surface area contributed by atoms with Crippen LogP contribution in [-0.4, -0.2) is 29.3 Å². The van der Waals surface area contributed by atoms with E-state index in [0.29, 0.717) is 7.18 Å². The van der Waals surface area contributed by atoms with E-state index in [9.17, 15) is 14.0 Å². The highest BCUT2D eigenvalue weighted by Crippen LogP contribution is 2.31. The van der Waals surface area contributed by atoms with Crippen molar-refractivity contribution in [1.82, 2.24) is 0 Å². The van der Waals surface area contributed by atoms with Gasteiger partial charge in [0.15, 0.2) is 0 Å². The summed E-state index contributed by atoms with van der Waals surface area (Å²) in [5.41, 5.74) is -0.949. The normalized spacial score (nSPS) is 23.5. The Balaban J connectivity index is 0.000000921. The molecular weight excluding hydrogens is 203 g/mol. The van der Waals surface area contributed by atoms with Gasteiger partial charge in [0.2, 0.25) is 0 Å². The van der Waals surface area contributed by atoms with Crippen LogP contribution >= 0.6 is 0 Å². The highest BCUT2D eigenvalue weighted by molar-refractivity contribution is 5.90. The van der Waals surface area contributed by atoms with E-state index in [0.717, 1.165) is 0 Å². The molecule has 0 aliphatic heterocycles. The van der Waals surface area contributed by atoms with Crippen molar-refractivity contribution in [3.8, 4) is 0 Å². The highest BCUT2D eigenvalue weighted by atomic mass is 19.1. The number of hydrogen-bond donors (Lipinski definition) is 2. The first-order valence-electron chi connectivity index (χ1n) is 4.18. The second-order valence-electron chi connectivity index (χ2n) is 3.26. The molecule has 0 aromatic heterocycles. The van der Waals surface area contributed by atoms with Gasteiger partial charge in [0.25, 0.3) is 0 Å². The SMILES string of the molecule is CC1(C(=O)O)C=CC=C(C(=O)O)C1.CF. The fourth-order valence-corrected chi connectivity index (χ4v) is 1.18. The van der Waals surface area contributed by atoms with Crippen molar-refractivity contribution in [3.05, 3.63) is 23.8 Å². The molecular formula is C10H13FO4. The number of carbonyl (C=O) groups is 2. The summed E-state index contributed by atoms with van der Waals surface area (Å²) in [7, 11) is 0.500. The van der Waals surface area contributed by atoms with Crippen LogP contribution < -0.4 is 0 Å². The molecule has 0 amide bonds. The average Bonchev–Trinajstić information content (AvgIpc) is 2.20. The molecule has 15 heavy (non-hydrogen) atoms. The van der Waals surface area contributed by atoms with E-state index in [1.807, 2.05) is 0 Å². The molecule has 1 aliphatic rings. The number of hydrogen-bond acceptors (Lipinski definition) is 2. The third-order valence-corrected chi connectivity index (χ3v) is 2.08. The van der Waals surface area contributed by atoms with E-state index in [4.69, 9.17) is 10.2 Å². The van der Waals surface area contributed by atoms with Crippen LogP contribution in [0.5, 0.6) is 0 Å². The first kappa shape index (κ1) is 13.4. The molecule has 0 aromatic rings. The van der Waals surface area contributed by atoms with Gasteiger partial charge in [-0.25, -0.2) is 4.79 Å². The van der Waals surface area contributed by atoms with Crippen LogP contribution in [0.3, 0.4) is 0 Å². The molecule has 0 saturated carbocycles. The van der Waals surface area contributed by atoms with Crippen molar-refractivity contribution in [1.29, 1.82) is 0 Å². The Morgan fingerprint density at radius 1 is 1.40 bits per heavy atom. The number of carboxylic acid groups (broad SMARTS) is 2. The second-order valence-corrected chi connectivity index (χ2v) is 3.26. The van der Waals surface area contributed by atoms with Crippen molar-refractivity contribution >= 4 is 11.9 Å². The van der Waals surface area contributed by atoms with Crippen molar-refractivity contribution in [3.63, 3.8) is 0 Å². The Kier molecular flexibility index (Phi) is 4.70. The molecule has 1 rings (SSSR count). The van der Waals surface area contributed by atoms with Gasteiger partial charge in [0.05, 0.1) is 12.6 Å². The lowest BCUT2D eigenvalue weighted by molar-refractivity contribution is -0.145. The number of aliphatic carboxylic acids is 2. The molecule has 0 bridgehead atoms. The van der Waals surface area contributed by atoms with Gasteiger partial charge < -0.3 is 10.2 Å². The Labute approximate surface area is 86.7 Å². The lowest BCUT2D eigenvalue weighted by Crippen LogP contribution is -2.28. The minimum Gasteiger partial charge on any atom is -0.481 e. The Hall–Kier alpha value is -1.65. The highest BCUT2D eigenvalue weighted by Gasteiger charge is 2.34. The fourth-order valence-electron chi connectivity index (χ4n) is 1.18. The summed E-state index contributed by atoms with van der Waals surface area (Å²) in [6.07, 6.45) is 4.43. The van der Waals surface area contributed by atoms with Gasteiger partial charge in [0, 0.05) is 5.57 Å². The van der Waals surface area contributed by atoms with E-state index in [2.05, 4.69) is 0 Å². The molecule has 4 nitrogen and oxygen atoms in total. The van der Waals surface area contributed by atoms with Crippen LogP contribution in [0, 0.1) is 5.41 Å². The third kappa shape index (κ3) is 3.19. The van der Waals surface area contributed by atoms with Crippen LogP contribution in [0.15, 0.2) is 23.8 Å². The molecule has 1 atom stereocenters. The van der Waals surface area contributed by atoms with E-state index >= 15 is 0 Å². The van der Waals surface area contributed by atoms with E-state index < -0.39 is 17.4 Å². The molecule has 0 saturated heterocycles. The zero-order valence-electron chi connectivity index (χ0n) is 8.53.